The topological polar surface area (TPSA) is 218 Å². The summed E-state index contributed by atoms with van der Waals surface area (Å²) in [4.78, 5) is 0. The van der Waals surface area contributed by atoms with Gasteiger partial charge in [-0.05, 0) is 6.42 Å². The average molecular weight is 353 g/mol. The van der Waals surface area contributed by atoms with Gasteiger partial charge in [-0.2, -0.15) is 0 Å². The molecular formula is C13H27N3O8. The van der Waals surface area contributed by atoms with Crippen molar-refractivity contribution in [2.24, 2.45) is 17.2 Å². The van der Waals surface area contributed by atoms with Crippen LogP contribution in [0, 0.1) is 0 Å². The van der Waals surface area contributed by atoms with Gasteiger partial charge >= 0.3 is 0 Å². The lowest BCUT2D eigenvalue weighted by atomic mass is 9.84. The van der Waals surface area contributed by atoms with Gasteiger partial charge in [-0.15, -0.1) is 0 Å². The molecule has 1 aliphatic carbocycles. The fourth-order valence-electron chi connectivity index (χ4n) is 3.08. The van der Waals surface area contributed by atoms with Crippen LogP contribution in [0.15, 0.2) is 0 Å². The van der Waals surface area contributed by atoms with E-state index in [-0.39, 0.29) is 6.42 Å². The van der Waals surface area contributed by atoms with E-state index in [0.29, 0.717) is 0 Å². The molecule has 11 heteroatoms. The lowest BCUT2D eigenvalue weighted by Gasteiger charge is -2.46. The lowest BCUT2D eigenvalue weighted by Crippen LogP contribution is -2.68. The number of nitrogens with two attached hydrogens (primary N) is 3. The number of ether oxygens (including phenoxy) is 2. The predicted molar refractivity (Wildman–Crippen MR) is 79.2 cm³/mol. The van der Waals surface area contributed by atoms with Gasteiger partial charge in [0.05, 0.1) is 18.8 Å². The Hall–Kier alpha value is -0.440. The summed E-state index contributed by atoms with van der Waals surface area (Å²) in [5.41, 5.74) is 17.3. The summed E-state index contributed by atoms with van der Waals surface area (Å²) in [5.74, 6) is 0. The van der Waals surface area contributed by atoms with Gasteiger partial charge in [0.1, 0.15) is 36.6 Å². The van der Waals surface area contributed by atoms with Crippen LogP contribution in [0.5, 0.6) is 0 Å². The van der Waals surface area contributed by atoms with Gasteiger partial charge in [-0.25, -0.2) is 0 Å². The second-order valence-corrected chi connectivity index (χ2v) is 6.42. The van der Waals surface area contributed by atoms with Crippen LogP contribution in [0.3, 0.4) is 0 Å². The Morgan fingerprint density at radius 2 is 1.58 bits per heavy atom. The molecule has 1 saturated carbocycles. The fraction of sp³-hybridized carbons (Fsp3) is 1.00. The summed E-state index contributed by atoms with van der Waals surface area (Å²) in [6.45, 7) is -0.713. The summed E-state index contributed by atoms with van der Waals surface area (Å²) in [6.07, 6.45) is -10.7. The monoisotopic (exact) mass is 353 g/mol. The van der Waals surface area contributed by atoms with Crippen molar-refractivity contribution in [3.05, 3.63) is 0 Å². The average Bonchev–Trinajstić information content (AvgIpc) is 2.55. The highest BCUT2D eigenvalue weighted by molar-refractivity contribution is 5.00. The molecule has 24 heavy (non-hydrogen) atoms. The van der Waals surface area contributed by atoms with Gasteiger partial charge in [-0.1, -0.05) is 0 Å². The zero-order valence-electron chi connectivity index (χ0n) is 13.0. The van der Waals surface area contributed by atoms with E-state index in [2.05, 4.69) is 0 Å². The largest absolute Gasteiger partial charge is 0.394 e. The van der Waals surface area contributed by atoms with Gasteiger partial charge in [0, 0.05) is 12.1 Å². The van der Waals surface area contributed by atoms with Crippen LogP contribution in [0.2, 0.25) is 0 Å². The Labute approximate surface area is 138 Å². The van der Waals surface area contributed by atoms with Crippen molar-refractivity contribution >= 4 is 0 Å². The SMILES string of the molecule is N[C@H]1[C@@H](O[C@H]2[C@H](O)[C@@H](O)[C@H](N)C[C@@H]2N)O[C@H]([C@H](O)CO)[C@@H](O)[C@@H]1O. The first-order valence-corrected chi connectivity index (χ1v) is 7.77. The standard InChI is InChI=1S/C13H27N3O8/c14-3-1-4(15)11(9(21)7(3)19)23-13-6(16)8(20)10(22)12(24-13)5(18)2-17/h3-13,17-22H,1-2,14-16H2/t3-,4+,5-,6-,7+,8-,9-,10+,11-,12-,13+/m1/s1. The molecule has 0 unspecified atom stereocenters. The molecule has 1 aliphatic heterocycles. The van der Waals surface area contributed by atoms with Gasteiger partial charge in [0.15, 0.2) is 6.29 Å². The third kappa shape index (κ3) is 3.71. The molecule has 0 bridgehead atoms. The Morgan fingerprint density at radius 1 is 0.958 bits per heavy atom. The number of hydrogen-bond acceptors (Lipinski definition) is 11. The zero-order chi connectivity index (χ0) is 18.2. The van der Waals surface area contributed by atoms with E-state index < -0.39 is 73.8 Å². The van der Waals surface area contributed by atoms with Gasteiger partial charge in [-0.3, -0.25) is 0 Å². The molecule has 12 N–H and O–H groups in total. The summed E-state index contributed by atoms with van der Waals surface area (Å²) in [7, 11) is 0. The molecule has 11 atom stereocenters. The molecule has 11 nitrogen and oxygen atoms in total. The summed E-state index contributed by atoms with van der Waals surface area (Å²) < 4.78 is 10.9. The first kappa shape index (κ1) is 19.9. The molecule has 0 aromatic carbocycles. The van der Waals surface area contributed by atoms with E-state index in [1.165, 1.54) is 0 Å². The molecule has 0 spiro atoms. The maximum atomic E-state index is 10.1. The predicted octanol–water partition coefficient (Wildman–Crippen LogP) is -5.72. The van der Waals surface area contributed by atoms with Crippen LogP contribution in [0.25, 0.3) is 0 Å². The molecular weight excluding hydrogens is 326 g/mol. The second kappa shape index (κ2) is 7.85. The van der Waals surface area contributed by atoms with Crippen molar-refractivity contribution in [3.63, 3.8) is 0 Å². The summed E-state index contributed by atoms with van der Waals surface area (Å²) >= 11 is 0. The highest BCUT2D eigenvalue weighted by Gasteiger charge is 2.49. The maximum absolute atomic E-state index is 10.1. The van der Waals surface area contributed by atoms with Crippen LogP contribution < -0.4 is 17.2 Å². The van der Waals surface area contributed by atoms with Crippen molar-refractivity contribution < 1.29 is 40.1 Å². The molecule has 2 fully saturated rings. The van der Waals surface area contributed by atoms with Crippen molar-refractivity contribution in [1.29, 1.82) is 0 Å². The van der Waals surface area contributed by atoms with E-state index in [1.807, 2.05) is 0 Å². The highest BCUT2D eigenvalue weighted by Crippen LogP contribution is 2.28. The molecule has 0 amide bonds. The Balaban J connectivity index is 2.12. The van der Waals surface area contributed by atoms with E-state index in [0.717, 1.165) is 0 Å². The molecule has 2 rings (SSSR count). The number of rotatable bonds is 4. The quantitative estimate of drug-likeness (QED) is 0.232. The molecule has 1 saturated heterocycles. The molecule has 2 aliphatic rings. The smallest absolute Gasteiger partial charge is 0.176 e. The van der Waals surface area contributed by atoms with Crippen molar-refractivity contribution in [2.75, 3.05) is 6.61 Å². The lowest BCUT2D eigenvalue weighted by molar-refractivity contribution is -0.303. The number of hydrogen-bond donors (Lipinski definition) is 9. The fourth-order valence-corrected chi connectivity index (χ4v) is 3.08. The van der Waals surface area contributed by atoms with Crippen molar-refractivity contribution in [1.82, 2.24) is 0 Å². The van der Waals surface area contributed by atoms with Crippen LogP contribution >= 0.6 is 0 Å². The minimum Gasteiger partial charge on any atom is -0.394 e. The van der Waals surface area contributed by atoms with Gasteiger partial charge < -0.3 is 57.3 Å². The molecule has 0 aromatic heterocycles. The van der Waals surface area contributed by atoms with Crippen molar-refractivity contribution in [3.8, 4) is 0 Å². The normalized spacial score (nSPS) is 51.4. The minimum atomic E-state index is -1.54. The van der Waals surface area contributed by atoms with E-state index in [4.69, 9.17) is 31.8 Å². The van der Waals surface area contributed by atoms with E-state index in [9.17, 15) is 25.5 Å². The van der Waals surface area contributed by atoms with Crippen LogP contribution in [0.1, 0.15) is 6.42 Å². The number of aliphatic hydroxyl groups is 6. The highest BCUT2D eigenvalue weighted by atomic mass is 16.7. The Bertz CT molecular complexity index is 419. The minimum absolute atomic E-state index is 0.179. The summed E-state index contributed by atoms with van der Waals surface area (Å²) in [6, 6.07) is -2.64. The first-order valence-electron chi connectivity index (χ1n) is 7.77. The second-order valence-electron chi connectivity index (χ2n) is 6.42. The van der Waals surface area contributed by atoms with Crippen LogP contribution in [0.4, 0.5) is 0 Å². The Kier molecular flexibility index (Phi) is 6.50. The zero-order valence-corrected chi connectivity index (χ0v) is 13.0. The molecule has 0 radical (unpaired) electrons. The van der Waals surface area contributed by atoms with E-state index >= 15 is 0 Å². The van der Waals surface area contributed by atoms with E-state index in [1.54, 1.807) is 0 Å². The molecule has 1 heterocycles. The number of aliphatic hydroxyl groups excluding tert-OH is 6. The third-order valence-corrected chi connectivity index (χ3v) is 4.64. The summed E-state index contributed by atoms with van der Waals surface area (Å²) in [5, 5.41) is 58.6. The van der Waals surface area contributed by atoms with Gasteiger partial charge in [0.25, 0.3) is 0 Å². The Morgan fingerprint density at radius 3 is 2.17 bits per heavy atom. The van der Waals surface area contributed by atoms with Crippen LogP contribution in [-0.2, 0) is 9.47 Å². The third-order valence-electron chi connectivity index (χ3n) is 4.64. The van der Waals surface area contributed by atoms with Gasteiger partial charge in [0.2, 0.25) is 0 Å². The maximum Gasteiger partial charge on any atom is 0.176 e. The first-order chi connectivity index (χ1) is 11.2. The van der Waals surface area contributed by atoms with Crippen LogP contribution in [-0.4, -0.2) is 104 Å². The molecule has 142 valence electrons. The molecule has 0 aromatic rings. The van der Waals surface area contributed by atoms with Crippen molar-refractivity contribution in [2.45, 2.75) is 73.6 Å².